The summed E-state index contributed by atoms with van der Waals surface area (Å²) in [5.41, 5.74) is 1.27. The van der Waals surface area contributed by atoms with Crippen LogP contribution in [0.2, 0.25) is 0 Å². The summed E-state index contributed by atoms with van der Waals surface area (Å²) in [4.78, 5) is 23.8. The molecule has 0 aliphatic carbocycles. The Labute approximate surface area is 139 Å². The van der Waals surface area contributed by atoms with Crippen molar-refractivity contribution in [3.05, 3.63) is 59.4 Å². The fraction of sp³-hybridized carbons (Fsp3) is 0.222. The Morgan fingerprint density at radius 3 is 2.46 bits per heavy atom. The van der Waals surface area contributed by atoms with E-state index < -0.39 is 11.7 Å². The van der Waals surface area contributed by atoms with Crippen LogP contribution in [-0.2, 0) is 4.79 Å². The van der Waals surface area contributed by atoms with E-state index in [4.69, 9.17) is 4.74 Å². The van der Waals surface area contributed by atoms with Gasteiger partial charge in [-0.3, -0.25) is 9.59 Å². The second-order valence-corrected chi connectivity index (χ2v) is 5.15. The van der Waals surface area contributed by atoms with E-state index in [9.17, 15) is 14.0 Å². The SMILES string of the molecule is CCOc1ccc(C(=O)NCC(=O)Nc2ccc(C)c(F)c2)cc1. The number of carbonyl (C=O) groups excluding carboxylic acids is 2. The first kappa shape index (κ1) is 17.5. The summed E-state index contributed by atoms with van der Waals surface area (Å²) in [6.07, 6.45) is 0. The normalized spacial score (nSPS) is 10.1. The van der Waals surface area contributed by atoms with E-state index in [1.54, 1.807) is 43.3 Å². The van der Waals surface area contributed by atoms with Crippen molar-refractivity contribution in [1.29, 1.82) is 0 Å². The lowest BCUT2D eigenvalue weighted by Gasteiger charge is -2.08. The molecule has 24 heavy (non-hydrogen) atoms. The third-order valence-corrected chi connectivity index (χ3v) is 3.29. The van der Waals surface area contributed by atoms with Crippen LogP contribution in [0.25, 0.3) is 0 Å². The smallest absolute Gasteiger partial charge is 0.251 e. The molecule has 0 aliphatic heterocycles. The number of nitrogens with one attached hydrogen (secondary N) is 2. The Kier molecular flexibility index (Phi) is 5.89. The Morgan fingerprint density at radius 2 is 1.83 bits per heavy atom. The van der Waals surface area contributed by atoms with Crippen LogP contribution in [0.4, 0.5) is 10.1 Å². The number of anilines is 1. The summed E-state index contributed by atoms with van der Waals surface area (Å²) < 4.78 is 18.7. The van der Waals surface area contributed by atoms with Gasteiger partial charge in [-0.2, -0.15) is 0 Å². The lowest BCUT2D eigenvalue weighted by molar-refractivity contribution is -0.115. The molecule has 5 nitrogen and oxygen atoms in total. The van der Waals surface area contributed by atoms with E-state index in [1.807, 2.05) is 6.92 Å². The predicted molar refractivity (Wildman–Crippen MR) is 89.7 cm³/mol. The maximum absolute atomic E-state index is 13.4. The van der Waals surface area contributed by atoms with Gasteiger partial charge in [0.05, 0.1) is 13.2 Å². The van der Waals surface area contributed by atoms with Crippen LogP contribution in [0.15, 0.2) is 42.5 Å². The number of aryl methyl sites for hydroxylation is 1. The van der Waals surface area contributed by atoms with Gasteiger partial charge in [-0.05, 0) is 55.8 Å². The van der Waals surface area contributed by atoms with E-state index in [2.05, 4.69) is 10.6 Å². The van der Waals surface area contributed by atoms with E-state index in [0.29, 0.717) is 29.2 Å². The summed E-state index contributed by atoms with van der Waals surface area (Å²) in [6.45, 7) is 3.85. The lowest BCUT2D eigenvalue weighted by atomic mass is 10.2. The Morgan fingerprint density at radius 1 is 1.12 bits per heavy atom. The second kappa shape index (κ2) is 8.10. The molecule has 2 aromatic rings. The van der Waals surface area contributed by atoms with Crippen molar-refractivity contribution in [1.82, 2.24) is 5.32 Å². The van der Waals surface area contributed by atoms with Gasteiger partial charge < -0.3 is 15.4 Å². The average molecular weight is 330 g/mol. The van der Waals surface area contributed by atoms with Crippen molar-refractivity contribution in [3.63, 3.8) is 0 Å². The highest BCUT2D eigenvalue weighted by Crippen LogP contribution is 2.14. The summed E-state index contributed by atoms with van der Waals surface area (Å²) >= 11 is 0. The minimum Gasteiger partial charge on any atom is -0.494 e. The molecule has 0 aromatic heterocycles. The van der Waals surface area contributed by atoms with Gasteiger partial charge in [0.25, 0.3) is 5.91 Å². The first-order valence-corrected chi connectivity index (χ1v) is 7.56. The topological polar surface area (TPSA) is 67.4 Å². The van der Waals surface area contributed by atoms with Crippen molar-refractivity contribution in [2.45, 2.75) is 13.8 Å². The highest BCUT2D eigenvalue weighted by molar-refractivity contribution is 5.99. The standard InChI is InChI=1S/C18H19FN2O3/c1-3-24-15-8-5-13(6-9-15)18(23)20-11-17(22)21-14-7-4-12(2)16(19)10-14/h4-10H,3,11H2,1-2H3,(H,20,23)(H,21,22). The van der Waals surface area contributed by atoms with E-state index >= 15 is 0 Å². The summed E-state index contributed by atoms with van der Waals surface area (Å²) in [7, 11) is 0. The molecule has 0 heterocycles. The molecule has 0 saturated carbocycles. The predicted octanol–water partition coefficient (Wildman–Crippen LogP) is 2.90. The average Bonchev–Trinajstić information content (AvgIpc) is 2.57. The summed E-state index contributed by atoms with van der Waals surface area (Å²) in [5, 5.41) is 5.04. The van der Waals surface area contributed by atoms with Crippen molar-refractivity contribution in [2.75, 3.05) is 18.5 Å². The molecular formula is C18H19FN2O3. The lowest BCUT2D eigenvalue weighted by Crippen LogP contribution is -2.32. The molecule has 2 N–H and O–H groups in total. The zero-order valence-electron chi connectivity index (χ0n) is 13.6. The molecule has 0 saturated heterocycles. The van der Waals surface area contributed by atoms with Gasteiger partial charge in [-0.25, -0.2) is 4.39 Å². The summed E-state index contributed by atoms with van der Waals surface area (Å²) in [6, 6.07) is 11.0. The minimum atomic E-state index is -0.433. The third kappa shape index (κ3) is 4.81. The molecule has 0 unspecified atom stereocenters. The number of rotatable bonds is 6. The van der Waals surface area contributed by atoms with Crippen LogP contribution in [0.3, 0.4) is 0 Å². The molecule has 2 aromatic carbocycles. The number of benzene rings is 2. The van der Waals surface area contributed by atoms with Crippen molar-refractivity contribution in [2.24, 2.45) is 0 Å². The molecule has 0 bridgehead atoms. The van der Waals surface area contributed by atoms with Crippen molar-refractivity contribution >= 4 is 17.5 Å². The quantitative estimate of drug-likeness (QED) is 0.856. The number of ether oxygens (including phenoxy) is 1. The van der Waals surface area contributed by atoms with Gasteiger partial charge in [0.2, 0.25) is 5.91 Å². The first-order valence-electron chi connectivity index (χ1n) is 7.56. The highest BCUT2D eigenvalue weighted by atomic mass is 19.1. The van der Waals surface area contributed by atoms with Gasteiger partial charge >= 0.3 is 0 Å². The van der Waals surface area contributed by atoms with E-state index in [-0.39, 0.29) is 12.5 Å². The van der Waals surface area contributed by atoms with Gasteiger partial charge in [0.15, 0.2) is 0 Å². The second-order valence-electron chi connectivity index (χ2n) is 5.15. The van der Waals surface area contributed by atoms with Crippen LogP contribution in [0.5, 0.6) is 5.75 Å². The zero-order chi connectivity index (χ0) is 17.5. The number of hydrogen-bond donors (Lipinski definition) is 2. The van der Waals surface area contributed by atoms with Crippen LogP contribution in [-0.4, -0.2) is 25.0 Å². The summed E-state index contributed by atoms with van der Waals surface area (Å²) in [5.74, 6) is -0.528. The van der Waals surface area contributed by atoms with Crippen molar-refractivity contribution < 1.29 is 18.7 Å². The van der Waals surface area contributed by atoms with Crippen LogP contribution < -0.4 is 15.4 Å². The number of hydrogen-bond acceptors (Lipinski definition) is 3. The van der Waals surface area contributed by atoms with Gasteiger partial charge in [-0.15, -0.1) is 0 Å². The van der Waals surface area contributed by atoms with E-state index in [1.165, 1.54) is 6.07 Å². The van der Waals surface area contributed by atoms with Crippen LogP contribution >= 0.6 is 0 Å². The first-order chi connectivity index (χ1) is 11.5. The maximum Gasteiger partial charge on any atom is 0.251 e. The Hall–Kier alpha value is -2.89. The third-order valence-electron chi connectivity index (χ3n) is 3.29. The fourth-order valence-corrected chi connectivity index (χ4v) is 2.01. The molecule has 0 radical (unpaired) electrons. The zero-order valence-corrected chi connectivity index (χ0v) is 13.6. The van der Waals surface area contributed by atoms with Crippen LogP contribution in [0, 0.1) is 12.7 Å². The molecule has 0 fully saturated rings. The number of amides is 2. The van der Waals surface area contributed by atoms with Crippen molar-refractivity contribution in [3.8, 4) is 5.75 Å². The number of carbonyl (C=O) groups is 2. The molecule has 126 valence electrons. The molecule has 6 heteroatoms. The largest absolute Gasteiger partial charge is 0.494 e. The van der Waals surface area contributed by atoms with E-state index in [0.717, 1.165) is 0 Å². The molecule has 0 atom stereocenters. The molecular weight excluding hydrogens is 311 g/mol. The maximum atomic E-state index is 13.4. The van der Waals surface area contributed by atoms with Gasteiger partial charge in [0, 0.05) is 11.3 Å². The Bertz CT molecular complexity index is 730. The fourth-order valence-electron chi connectivity index (χ4n) is 2.01. The van der Waals surface area contributed by atoms with Crippen LogP contribution in [0.1, 0.15) is 22.8 Å². The molecule has 2 rings (SSSR count). The highest BCUT2D eigenvalue weighted by Gasteiger charge is 2.09. The Balaban J connectivity index is 1.86. The molecule has 2 amide bonds. The molecule has 0 spiro atoms. The van der Waals surface area contributed by atoms with Gasteiger partial charge in [-0.1, -0.05) is 6.07 Å². The monoisotopic (exact) mass is 330 g/mol. The minimum absolute atomic E-state index is 0.207. The molecule has 0 aliphatic rings. The van der Waals surface area contributed by atoms with Gasteiger partial charge in [0.1, 0.15) is 11.6 Å². The number of halogens is 1.